The van der Waals surface area contributed by atoms with Crippen molar-refractivity contribution >= 4 is 21.8 Å². The van der Waals surface area contributed by atoms with E-state index in [0.717, 1.165) is 24.8 Å². The molecule has 0 heterocycles. The molecule has 0 radical (unpaired) electrons. The highest BCUT2D eigenvalue weighted by Gasteiger charge is 2.34. The van der Waals surface area contributed by atoms with Crippen molar-refractivity contribution in [2.24, 2.45) is 0 Å². The van der Waals surface area contributed by atoms with Crippen LogP contribution in [0, 0.1) is 5.82 Å². The standard InChI is InChI=1S/C13H15BrFNO2/c14-10-6-9(2-3-11(10)15)7-12(17)16-8-13(18)4-1-5-13/h2-3,6,18H,1,4-5,7-8H2,(H,16,17). The van der Waals surface area contributed by atoms with Crippen LogP contribution in [0.15, 0.2) is 22.7 Å². The van der Waals surface area contributed by atoms with Crippen molar-refractivity contribution < 1.29 is 14.3 Å². The summed E-state index contributed by atoms with van der Waals surface area (Å²) < 4.78 is 13.4. The first-order chi connectivity index (χ1) is 8.48. The molecule has 2 N–H and O–H groups in total. The number of amides is 1. The summed E-state index contributed by atoms with van der Waals surface area (Å²) in [6.07, 6.45) is 2.69. The fourth-order valence-electron chi connectivity index (χ4n) is 1.92. The van der Waals surface area contributed by atoms with Gasteiger partial charge < -0.3 is 10.4 Å². The van der Waals surface area contributed by atoms with Crippen LogP contribution in [0.3, 0.4) is 0 Å². The van der Waals surface area contributed by atoms with E-state index in [0.29, 0.717) is 11.0 Å². The second kappa shape index (κ2) is 5.36. The van der Waals surface area contributed by atoms with Crippen LogP contribution in [0.5, 0.6) is 0 Å². The van der Waals surface area contributed by atoms with Gasteiger partial charge in [0.2, 0.25) is 5.91 Å². The summed E-state index contributed by atoms with van der Waals surface area (Å²) in [4.78, 5) is 11.7. The number of carbonyl (C=O) groups is 1. The smallest absolute Gasteiger partial charge is 0.224 e. The minimum absolute atomic E-state index is 0.158. The summed E-state index contributed by atoms with van der Waals surface area (Å²) >= 11 is 3.08. The van der Waals surface area contributed by atoms with E-state index in [2.05, 4.69) is 21.2 Å². The number of carbonyl (C=O) groups excluding carboxylic acids is 1. The number of aliphatic hydroxyl groups is 1. The molecular formula is C13H15BrFNO2. The topological polar surface area (TPSA) is 49.3 Å². The van der Waals surface area contributed by atoms with Crippen molar-refractivity contribution in [1.29, 1.82) is 0 Å². The maximum Gasteiger partial charge on any atom is 0.224 e. The fraction of sp³-hybridized carbons (Fsp3) is 0.462. The van der Waals surface area contributed by atoms with Crippen molar-refractivity contribution in [2.45, 2.75) is 31.3 Å². The Labute approximate surface area is 114 Å². The molecule has 1 aliphatic rings. The van der Waals surface area contributed by atoms with Gasteiger partial charge in [-0.2, -0.15) is 0 Å². The van der Waals surface area contributed by atoms with Crippen molar-refractivity contribution in [3.63, 3.8) is 0 Å². The highest BCUT2D eigenvalue weighted by molar-refractivity contribution is 9.10. The summed E-state index contributed by atoms with van der Waals surface area (Å²) in [6.45, 7) is 0.300. The average Bonchev–Trinajstić information content (AvgIpc) is 2.29. The third-order valence-electron chi connectivity index (χ3n) is 3.25. The molecule has 1 amide bonds. The van der Waals surface area contributed by atoms with E-state index in [4.69, 9.17) is 0 Å². The van der Waals surface area contributed by atoms with Crippen LogP contribution in [0.2, 0.25) is 0 Å². The molecule has 0 unspecified atom stereocenters. The maximum atomic E-state index is 13.0. The SMILES string of the molecule is O=C(Cc1ccc(F)c(Br)c1)NCC1(O)CCC1. The first kappa shape index (κ1) is 13.5. The maximum absolute atomic E-state index is 13.0. The Morgan fingerprint density at radius 1 is 1.50 bits per heavy atom. The molecule has 1 aromatic rings. The van der Waals surface area contributed by atoms with Gasteiger partial charge in [0.15, 0.2) is 0 Å². The molecule has 18 heavy (non-hydrogen) atoms. The second-order valence-corrected chi connectivity index (χ2v) is 5.63. The molecule has 98 valence electrons. The number of hydrogen-bond acceptors (Lipinski definition) is 2. The summed E-state index contributed by atoms with van der Waals surface area (Å²) in [5.74, 6) is -0.503. The third-order valence-corrected chi connectivity index (χ3v) is 3.86. The zero-order chi connectivity index (χ0) is 13.2. The highest BCUT2D eigenvalue weighted by atomic mass is 79.9. The molecule has 0 bridgehead atoms. The average molecular weight is 316 g/mol. The zero-order valence-electron chi connectivity index (χ0n) is 9.88. The zero-order valence-corrected chi connectivity index (χ0v) is 11.5. The van der Waals surface area contributed by atoms with E-state index in [-0.39, 0.29) is 18.1 Å². The largest absolute Gasteiger partial charge is 0.388 e. The predicted molar refractivity (Wildman–Crippen MR) is 69.6 cm³/mol. The summed E-state index contributed by atoms with van der Waals surface area (Å²) in [5.41, 5.74) is 0.0281. The van der Waals surface area contributed by atoms with Gasteiger partial charge in [0.05, 0.1) is 16.5 Å². The van der Waals surface area contributed by atoms with Gasteiger partial charge in [0, 0.05) is 6.54 Å². The van der Waals surface area contributed by atoms with Crippen molar-refractivity contribution in [2.75, 3.05) is 6.54 Å². The van der Waals surface area contributed by atoms with Crippen molar-refractivity contribution in [3.8, 4) is 0 Å². The lowest BCUT2D eigenvalue weighted by molar-refractivity contribution is -0.122. The Hall–Kier alpha value is -0.940. The quantitative estimate of drug-likeness (QED) is 0.894. The van der Waals surface area contributed by atoms with Gasteiger partial charge in [-0.05, 0) is 52.9 Å². The van der Waals surface area contributed by atoms with Crippen LogP contribution in [0.4, 0.5) is 4.39 Å². The number of hydrogen-bond donors (Lipinski definition) is 2. The Balaban J connectivity index is 1.85. The molecule has 0 atom stereocenters. The number of rotatable bonds is 4. The van der Waals surface area contributed by atoms with Gasteiger partial charge in [-0.1, -0.05) is 6.07 Å². The van der Waals surface area contributed by atoms with Gasteiger partial charge >= 0.3 is 0 Å². The Morgan fingerprint density at radius 2 is 2.22 bits per heavy atom. The first-order valence-corrected chi connectivity index (χ1v) is 6.71. The Bertz CT molecular complexity index is 460. The lowest BCUT2D eigenvalue weighted by Gasteiger charge is -2.36. The molecule has 0 spiro atoms. The fourth-order valence-corrected chi connectivity index (χ4v) is 2.35. The lowest BCUT2D eigenvalue weighted by atomic mass is 9.80. The van der Waals surface area contributed by atoms with Crippen LogP contribution in [-0.2, 0) is 11.2 Å². The van der Waals surface area contributed by atoms with E-state index in [1.54, 1.807) is 12.1 Å². The van der Waals surface area contributed by atoms with E-state index in [9.17, 15) is 14.3 Å². The number of halogens is 2. The number of nitrogens with one attached hydrogen (secondary N) is 1. The van der Waals surface area contributed by atoms with Gasteiger partial charge in [-0.3, -0.25) is 4.79 Å². The molecule has 0 aromatic heterocycles. The predicted octanol–water partition coefficient (Wildman–Crippen LogP) is 2.16. The van der Waals surface area contributed by atoms with Crippen LogP contribution < -0.4 is 5.32 Å². The van der Waals surface area contributed by atoms with Gasteiger partial charge in [0.25, 0.3) is 0 Å². The monoisotopic (exact) mass is 315 g/mol. The molecule has 1 aromatic carbocycles. The van der Waals surface area contributed by atoms with Crippen LogP contribution in [-0.4, -0.2) is 23.2 Å². The minimum atomic E-state index is -0.709. The molecule has 0 aliphatic heterocycles. The Morgan fingerprint density at radius 3 is 2.78 bits per heavy atom. The summed E-state index contributed by atoms with van der Waals surface area (Å²) in [5, 5.41) is 12.5. The summed E-state index contributed by atoms with van der Waals surface area (Å²) in [7, 11) is 0. The summed E-state index contributed by atoms with van der Waals surface area (Å²) in [6, 6.07) is 4.50. The third kappa shape index (κ3) is 3.29. The Kier molecular flexibility index (Phi) is 4.02. The van der Waals surface area contributed by atoms with Crippen LogP contribution in [0.25, 0.3) is 0 Å². The number of benzene rings is 1. The van der Waals surface area contributed by atoms with Gasteiger partial charge in [-0.15, -0.1) is 0 Å². The first-order valence-electron chi connectivity index (χ1n) is 5.92. The van der Waals surface area contributed by atoms with Crippen LogP contribution >= 0.6 is 15.9 Å². The molecule has 0 saturated heterocycles. The van der Waals surface area contributed by atoms with E-state index in [1.165, 1.54) is 6.07 Å². The van der Waals surface area contributed by atoms with Gasteiger partial charge in [0.1, 0.15) is 5.82 Å². The highest BCUT2D eigenvalue weighted by Crippen LogP contribution is 2.30. The molecule has 2 rings (SSSR count). The molecule has 3 nitrogen and oxygen atoms in total. The molecule has 5 heteroatoms. The second-order valence-electron chi connectivity index (χ2n) is 4.78. The molecule has 1 fully saturated rings. The van der Waals surface area contributed by atoms with Crippen molar-refractivity contribution in [3.05, 3.63) is 34.1 Å². The normalized spacial score (nSPS) is 17.1. The minimum Gasteiger partial charge on any atom is -0.388 e. The van der Waals surface area contributed by atoms with Crippen molar-refractivity contribution in [1.82, 2.24) is 5.32 Å². The molecule has 1 saturated carbocycles. The van der Waals surface area contributed by atoms with E-state index >= 15 is 0 Å². The van der Waals surface area contributed by atoms with E-state index in [1.807, 2.05) is 0 Å². The molecule has 1 aliphatic carbocycles. The lowest BCUT2D eigenvalue weighted by Crippen LogP contribution is -2.48. The molecular weight excluding hydrogens is 301 g/mol. The van der Waals surface area contributed by atoms with Crippen LogP contribution in [0.1, 0.15) is 24.8 Å². The van der Waals surface area contributed by atoms with E-state index < -0.39 is 5.60 Å². The van der Waals surface area contributed by atoms with Gasteiger partial charge in [-0.25, -0.2) is 4.39 Å².